The third-order valence-electron chi connectivity index (χ3n) is 4.49. The van der Waals surface area contributed by atoms with Crippen LogP contribution in [0.1, 0.15) is 25.3 Å². The average Bonchev–Trinajstić information content (AvgIpc) is 2.45. The summed E-state index contributed by atoms with van der Waals surface area (Å²) < 4.78 is 38.5. The maximum atomic E-state index is 12.7. The minimum absolute atomic E-state index is 0.182. The van der Waals surface area contributed by atoms with Crippen molar-refractivity contribution < 1.29 is 17.9 Å². The van der Waals surface area contributed by atoms with Gasteiger partial charge in [0.2, 0.25) is 10.0 Å². The van der Waals surface area contributed by atoms with Crippen LogP contribution < -0.4 is 0 Å². The Hall–Kier alpha value is -0.950. The molecule has 1 aromatic rings. The van der Waals surface area contributed by atoms with E-state index in [0.29, 0.717) is 31.2 Å². The van der Waals surface area contributed by atoms with E-state index < -0.39 is 10.0 Å². The first-order valence-corrected chi connectivity index (χ1v) is 9.22. The Bertz CT molecular complexity index is 635. The smallest absolute Gasteiger partial charge is 0.243 e. The number of rotatable bonds is 4. The predicted molar refractivity (Wildman–Crippen MR) is 83.3 cm³/mol. The van der Waals surface area contributed by atoms with Gasteiger partial charge in [-0.25, -0.2) is 8.42 Å². The van der Waals surface area contributed by atoms with Gasteiger partial charge in [-0.1, -0.05) is 18.2 Å². The molecule has 0 N–H and O–H groups in total. The summed E-state index contributed by atoms with van der Waals surface area (Å²) in [5.74, 6) is 0. The van der Waals surface area contributed by atoms with Crippen LogP contribution in [0.4, 0.5) is 0 Å². The van der Waals surface area contributed by atoms with E-state index in [1.54, 1.807) is 12.1 Å². The zero-order valence-corrected chi connectivity index (χ0v) is 13.9. The van der Waals surface area contributed by atoms with Gasteiger partial charge in [0.15, 0.2) is 0 Å². The third kappa shape index (κ3) is 2.80. The normalized spacial score (nSPS) is 25.1. The second kappa shape index (κ2) is 5.92. The summed E-state index contributed by atoms with van der Waals surface area (Å²) in [6.45, 7) is 5.98. The van der Waals surface area contributed by atoms with Gasteiger partial charge in [-0.15, -0.1) is 0 Å². The van der Waals surface area contributed by atoms with Crippen molar-refractivity contribution in [1.82, 2.24) is 4.31 Å². The maximum Gasteiger partial charge on any atom is 0.243 e. The van der Waals surface area contributed by atoms with E-state index in [2.05, 4.69) is 0 Å². The van der Waals surface area contributed by atoms with Crippen molar-refractivity contribution in [2.75, 3.05) is 26.3 Å². The first-order valence-electron chi connectivity index (χ1n) is 7.78. The molecular formula is C16H23NO4S. The molecule has 6 heteroatoms. The lowest BCUT2D eigenvalue weighted by Gasteiger charge is -2.52. The Morgan fingerprint density at radius 1 is 1.36 bits per heavy atom. The van der Waals surface area contributed by atoms with Gasteiger partial charge < -0.3 is 9.47 Å². The Morgan fingerprint density at radius 2 is 2.09 bits per heavy atom. The molecule has 2 fully saturated rings. The quantitative estimate of drug-likeness (QED) is 0.849. The number of aryl methyl sites for hydroxylation is 1. The molecular weight excluding hydrogens is 302 g/mol. The number of hydrogen-bond acceptors (Lipinski definition) is 4. The third-order valence-corrected chi connectivity index (χ3v) is 6.44. The molecule has 0 amide bonds. The minimum atomic E-state index is -3.43. The van der Waals surface area contributed by atoms with Gasteiger partial charge in [-0.05, 0) is 31.9 Å². The summed E-state index contributed by atoms with van der Waals surface area (Å²) in [4.78, 5) is 0.391. The van der Waals surface area contributed by atoms with Crippen molar-refractivity contribution in [2.24, 2.45) is 0 Å². The largest absolute Gasteiger partial charge is 0.378 e. The van der Waals surface area contributed by atoms with Crippen molar-refractivity contribution in [3.05, 3.63) is 29.8 Å². The Morgan fingerprint density at radius 3 is 2.77 bits per heavy atom. The van der Waals surface area contributed by atoms with Crippen LogP contribution >= 0.6 is 0 Å². The summed E-state index contributed by atoms with van der Waals surface area (Å²) in [6, 6.07) is 7.10. The van der Waals surface area contributed by atoms with Crippen LogP contribution in [0.25, 0.3) is 0 Å². The molecule has 122 valence electrons. The highest BCUT2D eigenvalue weighted by Gasteiger charge is 2.52. The SMILES string of the molecule is CCOC1CCOC2(C1)CN(S(=O)(=O)c1ccccc1C)C2. The number of benzene rings is 1. The lowest BCUT2D eigenvalue weighted by atomic mass is 9.86. The van der Waals surface area contributed by atoms with Gasteiger partial charge >= 0.3 is 0 Å². The van der Waals surface area contributed by atoms with E-state index in [1.807, 2.05) is 26.0 Å². The van der Waals surface area contributed by atoms with Crippen LogP contribution in [-0.2, 0) is 19.5 Å². The number of hydrogen-bond donors (Lipinski definition) is 0. The summed E-state index contributed by atoms with van der Waals surface area (Å²) in [6.07, 6.45) is 1.85. The highest BCUT2D eigenvalue weighted by molar-refractivity contribution is 7.89. The lowest BCUT2D eigenvalue weighted by molar-refractivity contribution is -0.177. The molecule has 0 radical (unpaired) electrons. The predicted octanol–water partition coefficient (Wildman–Crippen LogP) is 1.95. The molecule has 22 heavy (non-hydrogen) atoms. The number of ether oxygens (including phenoxy) is 2. The molecule has 0 saturated carbocycles. The summed E-state index contributed by atoms with van der Waals surface area (Å²) in [5, 5.41) is 0. The van der Waals surface area contributed by atoms with Crippen molar-refractivity contribution in [1.29, 1.82) is 0 Å². The van der Waals surface area contributed by atoms with Crippen LogP contribution in [0.3, 0.4) is 0 Å². The van der Waals surface area contributed by atoms with E-state index >= 15 is 0 Å². The molecule has 3 rings (SSSR count). The van der Waals surface area contributed by atoms with Crippen LogP contribution in [0.2, 0.25) is 0 Å². The lowest BCUT2D eigenvalue weighted by Crippen LogP contribution is -2.67. The number of nitrogens with zero attached hydrogens (tertiary/aromatic N) is 1. The van der Waals surface area contributed by atoms with Crippen molar-refractivity contribution in [3.8, 4) is 0 Å². The van der Waals surface area contributed by atoms with E-state index in [4.69, 9.17) is 9.47 Å². The first-order chi connectivity index (χ1) is 10.5. The highest BCUT2D eigenvalue weighted by atomic mass is 32.2. The summed E-state index contributed by atoms with van der Waals surface area (Å²) in [5.41, 5.74) is 0.425. The molecule has 5 nitrogen and oxygen atoms in total. The average molecular weight is 325 g/mol. The molecule has 0 aromatic heterocycles. The van der Waals surface area contributed by atoms with Crippen molar-refractivity contribution in [3.63, 3.8) is 0 Å². The van der Waals surface area contributed by atoms with Crippen molar-refractivity contribution in [2.45, 2.75) is 43.3 Å². The molecule has 1 aromatic carbocycles. The van der Waals surface area contributed by atoms with E-state index in [-0.39, 0.29) is 11.7 Å². The van der Waals surface area contributed by atoms with E-state index in [0.717, 1.165) is 18.4 Å². The Balaban J connectivity index is 1.71. The molecule has 0 bridgehead atoms. The minimum Gasteiger partial charge on any atom is -0.378 e. The van der Waals surface area contributed by atoms with Crippen LogP contribution in [0, 0.1) is 6.92 Å². The molecule has 2 aliphatic rings. The van der Waals surface area contributed by atoms with Gasteiger partial charge in [0.1, 0.15) is 0 Å². The Labute approximate surface area is 132 Å². The summed E-state index contributed by atoms with van der Waals surface area (Å²) >= 11 is 0. The zero-order valence-electron chi connectivity index (χ0n) is 13.1. The monoisotopic (exact) mass is 325 g/mol. The second-order valence-electron chi connectivity index (χ2n) is 6.14. The van der Waals surface area contributed by atoms with Crippen LogP contribution in [-0.4, -0.2) is 50.7 Å². The van der Waals surface area contributed by atoms with Crippen LogP contribution in [0.15, 0.2) is 29.2 Å². The molecule has 0 aliphatic carbocycles. The fourth-order valence-electron chi connectivity index (χ4n) is 3.33. The van der Waals surface area contributed by atoms with Crippen LogP contribution in [0.5, 0.6) is 0 Å². The molecule has 1 unspecified atom stereocenters. The highest BCUT2D eigenvalue weighted by Crippen LogP contribution is 2.38. The van der Waals surface area contributed by atoms with Gasteiger partial charge in [-0.3, -0.25) is 0 Å². The van der Waals surface area contributed by atoms with Gasteiger partial charge in [-0.2, -0.15) is 4.31 Å². The Kier molecular flexibility index (Phi) is 4.29. The number of sulfonamides is 1. The van der Waals surface area contributed by atoms with Gasteiger partial charge in [0.25, 0.3) is 0 Å². The first kappa shape index (κ1) is 15.9. The van der Waals surface area contributed by atoms with Crippen molar-refractivity contribution >= 4 is 10.0 Å². The molecule has 2 heterocycles. The fraction of sp³-hybridized carbons (Fsp3) is 0.625. The fourth-order valence-corrected chi connectivity index (χ4v) is 5.15. The molecule has 1 spiro atoms. The van der Waals surface area contributed by atoms with Gasteiger partial charge in [0, 0.05) is 32.7 Å². The zero-order chi connectivity index (χ0) is 15.8. The summed E-state index contributed by atoms with van der Waals surface area (Å²) in [7, 11) is -3.43. The van der Waals surface area contributed by atoms with E-state index in [1.165, 1.54) is 4.31 Å². The maximum absolute atomic E-state index is 12.7. The topological polar surface area (TPSA) is 55.8 Å². The van der Waals surface area contributed by atoms with Gasteiger partial charge in [0.05, 0.1) is 16.6 Å². The second-order valence-corrected chi connectivity index (χ2v) is 8.05. The standard InChI is InChI=1S/C16H23NO4S/c1-3-20-14-8-9-21-16(10-14)11-17(12-16)22(18,19)15-7-5-4-6-13(15)2/h4-7,14H,3,8-12H2,1-2H3. The molecule has 2 saturated heterocycles. The van der Waals surface area contributed by atoms with E-state index in [9.17, 15) is 8.42 Å². The molecule has 2 aliphatic heterocycles. The molecule has 1 atom stereocenters.